The molecular formula is C17H22N2O3S. The lowest BCUT2D eigenvalue weighted by Crippen LogP contribution is -2.44. The van der Waals surface area contributed by atoms with Gasteiger partial charge in [-0.15, -0.1) is 0 Å². The first-order valence-corrected chi connectivity index (χ1v) is 8.80. The summed E-state index contributed by atoms with van der Waals surface area (Å²) in [6, 6.07) is 7.95. The highest BCUT2D eigenvalue weighted by Crippen LogP contribution is 2.31. The summed E-state index contributed by atoms with van der Waals surface area (Å²) < 4.78 is 11.9. The minimum absolute atomic E-state index is 0.0457. The zero-order valence-corrected chi connectivity index (χ0v) is 14.3. The molecule has 0 radical (unpaired) electrons. The van der Waals surface area contributed by atoms with Gasteiger partial charge in [0.1, 0.15) is 0 Å². The first kappa shape index (κ1) is 16.4. The van der Waals surface area contributed by atoms with Crippen LogP contribution in [0, 0.1) is 5.92 Å². The second-order valence-electron chi connectivity index (χ2n) is 5.77. The van der Waals surface area contributed by atoms with Crippen molar-refractivity contribution in [3.63, 3.8) is 0 Å². The van der Waals surface area contributed by atoms with E-state index in [-0.39, 0.29) is 17.9 Å². The van der Waals surface area contributed by atoms with Gasteiger partial charge < -0.3 is 9.47 Å². The molecule has 1 amide bonds. The van der Waals surface area contributed by atoms with Gasteiger partial charge >= 0.3 is 0 Å². The number of hydrogen-bond donors (Lipinski definition) is 0. The van der Waals surface area contributed by atoms with E-state index in [4.69, 9.17) is 9.47 Å². The molecule has 0 N–H and O–H groups in total. The fourth-order valence-corrected chi connectivity index (χ4v) is 3.90. The van der Waals surface area contributed by atoms with Crippen molar-refractivity contribution in [3.8, 4) is 0 Å². The Balaban J connectivity index is 1.88. The Morgan fingerprint density at radius 1 is 1.48 bits per heavy atom. The van der Waals surface area contributed by atoms with Crippen LogP contribution in [-0.2, 0) is 14.3 Å². The summed E-state index contributed by atoms with van der Waals surface area (Å²) in [5.74, 6) is -0.0130. The number of carbonyl (C=O) groups is 1. The van der Waals surface area contributed by atoms with E-state index < -0.39 is 0 Å². The Morgan fingerprint density at radius 3 is 3.04 bits per heavy atom. The van der Waals surface area contributed by atoms with Gasteiger partial charge in [-0.3, -0.25) is 9.69 Å². The van der Waals surface area contributed by atoms with Gasteiger partial charge in [0, 0.05) is 13.7 Å². The molecule has 0 spiro atoms. The molecule has 0 saturated carbocycles. The molecule has 6 heteroatoms. The number of para-hydroxylation sites is 1. The largest absolute Gasteiger partial charge is 0.383 e. The molecule has 1 saturated heterocycles. The molecule has 1 aliphatic rings. The van der Waals surface area contributed by atoms with E-state index in [1.54, 1.807) is 23.3 Å². The third-order valence-electron chi connectivity index (χ3n) is 4.22. The maximum absolute atomic E-state index is 13.0. The summed E-state index contributed by atoms with van der Waals surface area (Å²) in [5, 5.41) is 0.742. The molecule has 2 aromatic rings. The van der Waals surface area contributed by atoms with Crippen molar-refractivity contribution in [3.05, 3.63) is 24.3 Å². The monoisotopic (exact) mass is 334 g/mol. The van der Waals surface area contributed by atoms with Crippen LogP contribution < -0.4 is 4.90 Å². The molecular weight excluding hydrogens is 312 g/mol. The Hall–Kier alpha value is -1.50. The number of nitrogens with zero attached hydrogens (tertiary/aromatic N) is 2. The van der Waals surface area contributed by atoms with Crippen molar-refractivity contribution in [1.29, 1.82) is 0 Å². The lowest BCUT2D eigenvalue weighted by Gasteiger charge is -2.32. The number of thiazole rings is 1. The van der Waals surface area contributed by atoms with E-state index in [0.29, 0.717) is 13.2 Å². The molecule has 23 heavy (non-hydrogen) atoms. The Morgan fingerprint density at radius 2 is 2.30 bits per heavy atom. The van der Waals surface area contributed by atoms with Crippen LogP contribution in [-0.4, -0.2) is 43.9 Å². The van der Waals surface area contributed by atoms with Gasteiger partial charge in [0.15, 0.2) is 5.13 Å². The van der Waals surface area contributed by atoms with Gasteiger partial charge in [-0.1, -0.05) is 23.5 Å². The van der Waals surface area contributed by atoms with E-state index in [2.05, 4.69) is 4.98 Å². The van der Waals surface area contributed by atoms with Crippen molar-refractivity contribution in [2.45, 2.75) is 25.9 Å². The smallest absolute Gasteiger partial charge is 0.234 e. The molecule has 1 aromatic carbocycles. The molecule has 124 valence electrons. The molecule has 2 atom stereocenters. The van der Waals surface area contributed by atoms with Gasteiger partial charge in [0.2, 0.25) is 5.91 Å². The van der Waals surface area contributed by atoms with Gasteiger partial charge in [-0.25, -0.2) is 4.98 Å². The molecule has 0 bridgehead atoms. The van der Waals surface area contributed by atoms with Gasteiger partial charge in [-0.2, -0.15) is 0 Å². The molecule has 3 rings (SSSR count). The molecule has 1 aromatic heterocycles. The van der Waals surface area contributed by atoms with Gasteiger partial charge in [-0.05, 0) is 31.9 Å². The number of fused-ring (bicyclic) bond motifs is 1. The van der Waals surface area contributed by atoms with E-state index in [0.717, 1.165) is 34.8 Å². The van der Waals surface area contributed by atoms with Crippen molar-refractivity contribution >= 4 is 32.6 Å². The van der Waals surface area contributed by atoms with Crippen LogP contribution >= 0.6 is 11.3 Å². The number of benzene rings is 1. The quantitative estimate of drug-likeness (QED) is 0.843. The maximum Gasteiger partial charge on any atom is 0.234 e. The van der Waals surface area contributed by atoms with Crippen molar-refractivity contribution in [2.24, 2.45) is 5.92 Å². The topological polar surface area (TPSA) is 51.7 Å². The highest BCUT2D eigenvalue weighted by molar-refractivity contribution is 7.22. The number of hydrogen-bond acceptors (Lipinski definition) is 5. The third kappa shape index (κ3) is 3.54. The maximum atomic E-state index is 13.0. The fourth-order valence-electron chi connectivity index (χ4n) is 2.91. The van der Waals surface area contributed by atoms with Crippen molar-refractivity contribution in [1.82, 2.24) is 4.98 Å². The lowest BCUT2D eigenvalue weighted by atomic mass is 9.94. The summed E-state index contributed by atoms with van der Waals surface area (Å²) in [6.07, 6.45) is 1.75. The standard InChI is InChI=1S/C17H22N2O3S/c1-12-13(6-5-10-22-12)16(20)19(9-11-21-2)17-18-14-7-3-4-8-15(14)23-17/h3-4,7-8,12-13H,5-6,9-11H2,1-2H3. The van der Waals surface area contributed by atoms with E-state index >= 15 is 0 Å². The molecule has 1 aliphatic heterocycles. The molecule has 2 heterocycles. The van der Waals surface area contributed by atoms with E-state index in [1.165, 1.54) is 0 Å². The summed E-state index contributed by atoms with van der Waals surface area (Å²) >= 11 is 1.55. The zero-order chi connectivity index (χ0) is 16.2. The van der Waals surface area contributed by atoms with Crippen LogP contribution in [0.25, 0.3) is 10.2 Å². The number of amides is 1. The second-order valence-corrected chi connectivity index (χ2v) is 6.78. The molecule has 1 fully saturated rings. The Bertz CT molecular complexity index is 640. The molecule has 2 unspecified atom stereocenters. The number of aromatic nitrogens is 1. The molecule has 0 aliphatic carbocycles. The average Bonchev–Trinajstić information content (AvgIpc) is 2.99. The predicted molar refractivity (Wildman–Crippen MR) is 92.0 cm³/mol. The van der Waals surface area contributed by atoms with Crippen LogP contribution in [0.3, 0.4) is 0 Å². The summed E-state index contributed by atoms with van der Waals surface area (Å²) in [5.41, 5.74) is 0.927. The summed E-state index contributed by atoms with van der Waals surface area (Å²) in [6.45, 7) is 3.72. The van der Waals surface area contributed by atoms with E-state index in [1.807, 2.05) is 31.2 Å². The molecule has 5 nitrogen and oxygen atoms in total. The highest BCUT2D eigenvalue weighted by atomic mass is 32.1. The van der Waals surface area contributed by atoms with Gasteiger partial charge in [0.05, 0.1) is 35.4 Å². The highest BCUT2D eigenvalue weighted by Gasteiger charge is 2.33. The summed E-state index contributed by atoms with van der Waals surface area (Å²) in [7, 11) is 1.65. The van der Waals surface area contributed by atoms with Crippen molar-refractivity contribution in [2.75, 3.05) is 31.8 Å². The van der Waals surface area contributed by atoms with E-state index in [9.17, 15) is 4.79 Å². The fraction of sp³-hybridized carbons (Fsp3) is 0.529. The van der Waals surface area contributed by atoms with Crippen molar-refractivity contribution < 1.29 is 14.3 Å². The minimum Gasteiger partial charge on any atom is -0.383 e. The Kier molecular flexibility index (Phi) is 5.25. The predicted octanol–water partition coefficient (Wildman–Crippen LogP) is 3.09. The van der Waals surface area contributed by atoms with Crippen LogP contribution in [0.5, 0.6) is 0 Å². The first-order chi connectivity index (χ1) is 11.2. The normalized spacial score (nSPS) is 21.5. The van der Waals surface area contributed by atoms with Gasteiger partial charge in [0.25, 0.3) is 0 Å². The zero-order valence-electron chi connectivity index (χ0n) is 13.5. The number of methoxy groups -OCH3 is 1. The Labute approximate surface area is 140 Å². The second kappa shape index (κ2) is 7.38. The van der Waals surface area contributed by atoms with Crippen LogP contribution in [0.4, 0.5) is 5.13 Å². The number of rotatable bonds is 5. The number of carbonyl (C=O) groups excluding carboxylic acids is 1. The number of ether oxygens (including phenoxy) is 2. The summed E-state index contributed by atoms with van der Waals surface area (Å²) in [4.78, 5) is 19.5. The number of anilines is 1. The average molecular weight is 334 g/mol. The first-order valence-electron chi connectivity index (χ1n) is 7.98. The lowest BCUT2D eigenvalue weighted by molar-refractivity contribution is -0.130. The minimum atomic E-state index is -0.104. The van der Waals surface area contributed by atoms with Crippen LogP contribution in [0.15, 0.2) is 24.3 Å². The van der Waals surface area contributed by atoms with Crippen LogP contribution in [0.1, 0.15) is 19.8 Å². The SMILES string of the molecule is COCCN(C(=O)C1CCCOC1C)c1nc2ccccc2s1. The third-order valence-corrected chi connectivity index (χ3v) is 5.28. The van der Waals surface area contributed by atoms with Crippen LogP contribution in [0.2, 0.25) is 0 Å².